The van der Waals surface area contributed by atoms with Gasteiger partial charge in [0.2, 0.25) is 0 Å². The normalized spacial score (nSPS) is 10.0. The number of hydrogen-bond donors (Lipinski definition) is 2. The highest BCUT2D eigenvalue weighted by Gasteiger charge is 2.06. The van der Waals surface area contributed by atoms with Crippen LogP contribution in [0, 0.1) is 13.8 Å². The summed E-state index contributed by atoms with van der Waals surface area (Å²) < 4.78 is 6.90. The average molecular weight is 390 g/mol. The van der Waals surface area contributed by atoms with E-state index in [1.54, 1.807) is 0 Å². The van der Waals surface area contributed by atoms with E-state index in [4.69, 9.17) is 24.5 Å². The largest absolute Gasteiger partial charge is 0.492 e. The van der Waals surface area contributed by atoms with Gasteiger partial charge in [-0.25, -0.2) is 9.59 Å². The number of halogens is 1. The van der Waals surface area contributed by atoms with E-state index in [-0.39, 0.29) is 0 Å². The number of ether oxygens (including phenoxy) is 1. The molecule has 130 valence electrons. The van der Waals surface area contributed by atoms with E-state index in [0.717, 1.165) is 29.8 Å². The van der Waals surface area contributed by atoms with Crippen molar-refractivity contribution < 1.29 is 24.5 Å². The van der Waals surface area contributed by atoms with Crippen LogP contribution in [0.1, 0.15) is 24.0 Å². The molecule has 0 heterocycles. The van der Waals surface area contributed by atoms with Gasteiger partial charge >= 0.3 is 11.9 Å². The molecule has 0 saturated carbocycles. The summed E-state index contributed by atoms with van der Waals surface area (Å²) in [5.74, 6) is -2.66. The number of rotatable bonds is 6. The fourth-order valence-corrected chi connectivity index (χ4v) is 2.58. The zero-order valence-corrected chi connectivity index (χ0v) is 15.5. The molecule has 0 amide bonds. The molecule has 1 rings (SSSR count). The van der Waals surface area contributed by atoms with Crippen LogP contribution < -0.4 is 4.74 Å². The fraction of sp³-hybridized carbons (Fsp3) is 0.500. The predicted octanol–water partition coefficient (Wildman–Crippen LogP) is 2.94. The van der Waals surface area contributed by atoms with Crippen LogP contribution in [0.3, 0.4) is 0 Å². The minimum atomic E-state index is -1.82. The van der Waals surface area contributed by atoms with Gasteiger partial charge in [-0.1, -0.05) is 6.07 Å². The second-order valence-electron chi connectivity index (χ2n) is 5.36. The maximum absolute atomic E-state index is 9.10. The topological polar surface area (TPSA) is 87.1 Å². The third kappa shape index (κ3) is 9.91. The highest BCUT2D eigenvalue weighted by atomic mass is 79.9. The van der Waals surface area contributed by atoms with Crippen LogP contribution in [0.5, 0.6) is 5.75 Å². The third-order valence-electron chi connectivity index (χ3n) is 2.80. The standard InChI is InChI=1S/C14H22BrNO.C2H2O4/c1-11-9-12(2)14(13(15)10-11)17-8-6-5-7-16(3)4;3-1(4)2(5)6/h9-10H,5-8H2,1-4H3;(H,3,4)(H,5,6). The van der Waals surface area contributed by atoms with Gasteiger partial charge in [0.05, 0.1) is 11.1 Å². The number of hydrogen-bond acceptors (Lipinski definition) is 4. The minimum Gasteiger partial charge on any atom is -0.492 e. The van der Waals surface area contributed by atoms with Gasteiger partial charge < -0.3 is 19.8 Å². The van der Waals surface area contributed by atoms with E-state index in [1.165, 1.54) is 17.5 Å². The lowest BCUT2D eigenvalue weighted by molar-refractivity contribution is -0.159. The zero-order chi connectivity index (χ0) is 18.0. The summed E-state index contributed by atoms with van der Waals surface area (Å²) in [6, 6.07) is 4.25. The Morgan fingerprint density at radius 3 is 2.13 bits per heavy atom. The molecule has 2 N–H and O–H groups in total. The maximum Gasteiger partial charge on any atom is 0.414 e. The lowest BCUT2D eigenvalue weighted by atomic mass is 10.1. The Morgan fingerprint density at radius 1 is 1.13 bits per heavy atom. The molecule has 0 spiro atoms. The van der Waals surface area contributed by atoms with Crippen LogP contribution in [0.2, 0.25) is 0 Å². The summed E-state index contributed by atoms with van der Waals surface area (Å²) in [5.41, 5.74) is 2.46. The van der Waals surface area contributed by atoms with Crippen LogP contribution >= 0.6 is 15.9 Å². The summed E-state index contributed by atoms with van der Waals surface area (Å²) in [5, 5.41) is 14.8. The molecule has 0 aliphatic heterocycles. The van der Waals surface area contributed by atoms with Gasteiger partial charge in [-0.2, -0.15) is 0 Å². The van der Waals surface area contributed by atoms with Crippen molar-refractivity contribution in [3.8, 4) is 5.75 Å². The summed E-state index contributed by atoms with van der Waals surface area (Å²) in [6.07, 6.45) is 2.27. The number of aryl methyl sites for hydroxylation is 2. The Hall–Kier alpha value is -1.60. The van der Waals surface area contributed by atoms with E-state index >= 15 is 0 Å². The first-order chi connectivity index (χ1) is 10.6. The first-order valence-corrected chi connectivity index (χ1v) is 7.95. The van der Waals surface area contributed by atoms with Crippen LogP contribution in [0.25, 0.3) is 0 Å². The molecule has 0 aliphatic rings. The summed E-state index contributed by atoms with van der Waals surface area (Å²) in [6.45, 7) is 6.10. The molecule has 0 aliphatic carbocycles. The monoisotopic (exact) mass is 389 g/mol. The SMILES string of the molecule is Cc1cc(C)c(OCCCCN(C)C)c(Br)c1.O=C(O)C(=O)O. The molecule has 0 saturated heterocycles. The molecule has 7 heteroatoms. The molecule has 0 atom stereocenters. The molecule has 0 unspecified atom stereocenters. The van der Waals surface area contributed by atoms with Crippen molar-refractivity contribution in [3.05, 3.63) is 27.7 Å². The lowest BCUT2D eigenvalue weighted by Crippen LogP contribution is -2.13. The van der Waals surface area contributed by atoms with Crippen molar-refractivity contribution in [2.24, 2.45) is 0 Å². The second-order valence-corrected chi connectivity index (χ2v) is 6.22. The zero-order valence-electron chi connectivity index (χ0n) is 13.9. The molecule has 0 aromatic heterocycles. The summed E-state index contributed by atoms with van der Waals surface area (Å²) >= 11 is 3.56. The molecule has 0 fully saturated rings. The van der Waals surface area contributed by atoms with Crippen molar-refractivity contribution in [3.63, 3.8) is 0 Å². The van der Waals surface area contributed by atoms with Gasteiger partial charge in [-0.05, 0) is 80.5 Å². The highest BCUT2D eigenvalue weighted by Crippen LogP contribution is 2.30. The highest BCUT2D eigenvalue weighted by molar-refractivity contribution is 9.10. The van der Waals surface area contributed by atoms with Crippen molar-refractivity contribution in [1.29, 1.82) is 0 Å². The number of benzene rings is 1. The van der Waals surface area contributed by atoms with Crippen LogP contribution in [0.15, 0.2) is 16.6 Å². The average Bonchev–Trinajstić information content (AvgIpc) is 2.41. The Labute approximate surface area is 145 Å². The molecule has 0 radical (unpaired) electrons. The van der Waals surface area contributed by atoms with E-state index in [2.05, 4.69) is 60.9 Å². The fourth-order valence-electron chi connectivity index (χ4n) is 1.79. The number of unbranched alkanes of at least 4 members (excludes halogenated alkanes) is 1. The first-order valence-electron chi connectivity index (χ1n) is 7.15. The predicted molar refractivity (Wildman–Crippen MR) is 92.2 cm³/mol. The molecule has 23 heavy (non-hydrogen) atoms. The third-order valence-corrected chi connectivity index (χ3v) is 3.39. The molecule has 1 aromatic rings. The maximum atomic E-state index is 9.10. The Morgan fingerprint density at radius 2 is 1.70 bits per heavy atom. The smallest absolute Gasteiger partial charge is 0.414 e. The van der Waals surface area contributed by atoms with Crippen LogP contribution in [0.4, 0.5) is 0 Å². The van der Waals surface area contributed by atoms with Gasteiger partial charge in [0.25, 0.3) is 0 Å². The molecule has 1 aromatic carbocycles. The number of nitrogens with zero attached hydrogens (tertiary/aromatic N) is 1. The minimum absolute atomic E-state index is 0.788. The lowest BCUT2D eigenvalue weighted by Gasteiger charge is -2.13. The van der Waals surface area contributed by atoms with Crippen LogP contribution in [-0.4, -0.2) is 54.3 Å². The van der Waals surface area contributed by atoms with Gasteiger partial charge in [0.15, 0.2) is 0 Å². The Kier molecular flexibility index (Phi) is 10.2. The molecular weight excluding hydrogens is 366 g/mol. The summed E-state index contributed by atoms with van der Waals surface area (Å²) in [4.78, 5) is 20.4. The number of carboxylic acids is 2. The van der Waals surface area contributed by atoms with Crippen LogP contribution in [-0.2, 0) is 9.59 Å². The van der Waals surface area contributed by atoms with Gasteiger partial charge in [-0.15, -0.1) is 0 Å². The van der Waals surface area contributed by atoms with E-state index in [1.807, 2.05) is 0 Å². The summed E-state index contributed by atoms with van der Waals surface area (Å²) in [7, 11) is 4.20. The van der Waals surface area contributed by atoms with Crippen molar-refractivity contribution in [2.75, 3.05) is 27.2 Å². The van der Waals surface area contributed by atoms with Crippen molar-refractivity contribution in [2.45, 2.75) is 26.7 Å². The van der Waals surface area contributed by atoms with Crippen molar-refractivity contribution in [1.82, 2.24) is 4.90 Å². The first kappa shape index (κ1) is 21.4. The Bertz CT molecular complexity index is 496. The van der Waals surface area contributed by atoms with Gasteiger partial charge in [0, 0.05) is 0 Å². The number of carbonyl (C=O) groups is 2. The second kappa shape index (κ2) is 11.0. The number of carboxylic acid groups (broad SMARTS) is 2. The van der Waals surface area contributed by atoms with Crippen molar-refractivity contribution >= 4 is 27.9 Å². The molecule has 6 nitrogen and oxygen atoms in total. The van der Waals surface area contributed by atoms with E-state index in [9.17, 15) is 0 Å². The molecule has 0 bridgehead atoms. The Balaban J connectivity index is 0.000000688. The number of aliphatic carboxylic acids is 2. The quantitative estimate of drug-likeness (QED) is 0.574. The molecular formula is C16H24BrNO5. The van der Waals surface area contributed by atoms with E-state index < -0.39 is 11.9 Å². The van der Waals surface area contributed by atoms with Gasteiger partial charge in [-0.3, -0.25) is 0 Å². The van der Waals surface area contributed by atoms with Gasteiger partial charge in [0.1, 0.15) is 5.75 Å². The van der Waals surface area contributed by atoms with E-state index in [0.29, 0.717) is 0 Å².